The molecule has 2 heterocycles. The molecule has 130 valence electrons. The third-order valence-corrected chi connectivity index (χ3v) is 3.73. The van der Waals surface area contributed by atoms with E-state index in [1.165, 1.54) is 10.6 Å². The Labute approximate surface area is 150 Å². The maximum atomic E-state index is 12.0. The van der Waals surface area contributed by atoms with Gasteiger partial charge >= 0.3 is 0 Å². The van der Waals surface area contributed by atoms with E-state index < -0.39 is 5.91 Å². The molecule has 26 heavy (non-hydrogen) atoms. The van der Waals surface area contributed by atoms with Crippen LogP contribution in [-0.2, 0) is 7.05 Å². The van der Waals surface area contributed by atoms with Gasteiger partial charge in [0.05, 0.1) is 6.54 Å². The van der Waals surface area contributed by atoms with Crippen LogP contribution >= 0.6 is 0 Å². The van der Waals surface area contributed by atoms with Crippen molar-refractivity contribution >= 4 is 16.8 Å². The van der Waals surface area contributed by atoms with Crippen molar-refractivity contribution in [1.82, 2.24) is 14.9 Å². The van der Waals surface area contributed by atoms with Gasteiger partial charge in [0.15, 0.2) is 0 Å². The van der Waals surface area contributed by atoms with Crippen molar-refractivity contribution in [2.45, 2.75) is 0 Å². The monoisotopic (exact) mass is 347 g/mol. The Morgan fingerprint density at radius 2 is 2.04 bits per heavy atom. The van der Waals surface area contributed by atoms with E-state index in [0.717, 1.165) is 10.9 Å². The first-order valence-electron chi connectivity index (χ1n) is 8.03. The third kappa shape index (κ3) is 3.90. The van der Waals surface area contributed by atoms with E-state index >= 15 is 0 Å². The van der Waals surface area contributed by atoms with Gasteiger partial charge in [-0.3, -0.25) is 14.6 Å². The number of aromatic nitrogens is 2. The Morgan fingerprint density at radius 1 is 1.19 bits per heavy atom. The molecule has 0 radical (unpaired) electrons. The molecule has 0 aliphatic rings. The lowest BCUT2D eigenvalue weighted by Gasteiger charge is -2.05. The predicted molar refractivity (Wildman–Crippen MR) is 99.0 cm³/mol. The topological polar surface area (TPSA) is 73.2 Å². The number of para-hydroxylation sites is 1. The van der Waals surface area contributed by atoms with Crippen molar-refractivity contribution in [1.29, 1.82) is 0 Å². The number of carbonyl (C=O) groups is 1. The highest BCUT2D eigenvalue weighted by atomic mass is 16.5. The molecule has 0 saturated heterocycles. The molecule has 0 aliphatic carbocycles. The number of pyridine rings is 2. The van der Waals surface area contributed by atoms with E-state index in [2.05, 4.69) is 22.1 Å². The maximum absolute atomic E-state index is 12.0. The Hall–Kier alpha value is -3.59. The van der Waals surface area contributed by atoms with E-state index in [9.17, 15) is 9.59 Å². The van der Waals surface area contributed by atoms with Gasteiger partial charge in [0.25, 0.3) is 11.5 Å². The number of amides is 1. The molecule has 0 bridgehead atoms. The molecule has 6 heteroatoms. The molecule has 0 spiro atoms. The summed E-state index contributed by atoms with van der Waals surface area (Å²) >= 11 is 0. The molecule has 0 atom stereocenters. The van der Waals surface area contributed by atoms with E-state index in [-0.39, 0.29) is 24.3 Å². The molecule has 0 aliphatic heterocycles. The van der Waals surface area contributed by atoms with Crippen LogP contribution in [0.4, 0.5) is 0 Å². The zero-order chi connectivity index (χ0) is 18.4. The smallest absolute Gasteiger partial charge is 0.263 e. The lowest BCUT2D eigenvalue weighted by molar-refractivity contribution is 0.0956. The van der Waals surface area contributed by atoms with Gasteiger partial charge in [-0.25, -0.2) is 0 Å². The summed E-state index contributed by atoms with van der Waals surface area (Å²) in [4.78, 5) is 28.1. The van der Waals surface area contributed by atoms with E-state index in [4.69, 9.17) is 4.74 Å². The summed E-state index contributed by atoms with van der Waals surface area (Å²) in [5.41, 5.74) is 0.532. The van der Waals surface area contributed by atoms with E-state index in [1.807, 2.05) is 30.3 Å². The predicted octanol–water partition coefficient (Wildman–Crippen LogP) is 1.75. The van der Waals surface area contributed by atoms with Crippen LogP contribution in [0.3, 0.4) is 0 Å². The minimum atomic E-state index is -0.445. The van der Waals surface area contributed by atoms with E-state index in [1.54, 1.807) is 25.5 Å². The SMILES string of the molecule is Cn1cccc(C(=O)NCC#CCOc2cccc3cccnc23)c1=O. The number of hydrogen-bond donors (Lipinski definition) is 1. The molecule has 6 nitrogen and oxygen atoms in total. The molecule has 2 aromatic heterocycles. The number of benzene rings is 1. The zero-order valence-electron chi connectivity index (χ0n) is 14.2. The largest absolute Gasteiger partial charge is 0.479 e. The van der Waals surface area contributed by atoms with Crippen LogP contribution in [0, 0.1) is 11.8 Å². The van der Waals surface area contributed by atoms with Crippen LogP contribution in [0.1, 0.15) is 10.4 Å². The van der Waals surface area contributed by atoms with Crippen LogP contribution in [0.2, 0.25) is 0 Å². The van der Waals surface area contributed by atoms with Gasteiger partial charge in [-0.2, -0.15) is 0 Å². The number of ether oxygens (including phenoxy) is 1. The summed E-state index contributed by atoms with van der Waals surface area (Å²) < 4.78 is 7.00. The standard InChI is InChI=1S/C20H17N3O3/c1-23-13-6-9-16(20(23)25)19(24)22-11-2-3-14-26-17-10-4-7-15-8-5-12-21-18(15)17/h4-10,12-13H,11,14H2,1H3,(H,22,24). The molecule has 1 amide bonds. The second-order valence-corrected chi connectivity index (χ2v) is 5.49. The first-order chi connectivity index (χ1) is 12.7. The van der Waals surface area contributed by atoms with Gasteiger partial charge in [-0.1, -0.05) is 30.0 Å². The van der Waals surface area contributed by atoms with Crippen LogP contribution in [0.5, 0.6) is 5.75 Å². The first-order valence-corrected chi connectivity index (χ1v) is 8.03. The van der Waals surface area contributed by atoms with Gasteiger partial charge in [-0.05, 0) is 24.3 Å². The minimum Gasteiger partial charge on any atom is -0.479 e. The average molecular weight is 347 g/mol. The Kier molecular flexibility index (Phi) is 5.30. The zero-order valence-corrected chi connectivity index (χ0v) is 14.2. The molecule has 3 aromatic rings. The molecule has 1 N–H and O–H groups in total. The first kappa shape index (κ1) is 17.2. The van der Waals surface area contributed by atoms with Gasteiger partial charge in [0.1, 0.15) is 23.4 Å². The summed E-state index contributed by atoms with van der Waals surface area (Å²) in [7, 11) is 1.60. The molecule has 0 saturated carbocycles. The van der Waals surface area contributed by atoms with Crippen LogP contribution in [0.25, 0.3) is 10.9 Å². The van der Waals surface area contributed by atoms with Crippen molar-refractivity contribution in [3.63, 3.8) is 0 Å². The Morgan fingerprint density at radius 3 is 2.92 bits per heavy atom. The molecule has 0 unspecified atom stereocenters. The lowest BCUT2D eigenvalue weighted by atomic mass is 10.2. The quantitative estimate of drug-likeness (QED) is 0.730. The van der Waals surface area contributed by atoms with Crippen LogP contribution < -0.4 is 15.6 Å². The fourth-order valence-electron chi connectivity index (χ4n) is 2.41. The second-order valence-electron chi connectivity index (χ2n) is 5.49. The number of aryl methyl sites for hydroxylation is 1. The number of carbonyl (C=O) groups excluding carboxylic acids is 1. The number of hydrogen-bond acceptors (Lipinski definition) is 4. The van der Waals surface area contributed by atoms with Gasteiger partial charge < -0.3 is 14.6 Å². The summed E-state index contributed by atoms with van der Waals surface area (Å²) in [5, 5.41) is 3.60. The van der Waals surface area contributed by atoms with Crippen molar-refractivity contribution < 1.29 is 9.53 Å². The van der Waals surface area contributed by atoms with Gasteiger partial charge in [0.2, 0.25) is 0 Å². The number of rotatable bonds is 4. The van der Waals surface area contributed by atoms with Crippen molar-refractivity contribution in [3.8, 4) is 17.6 Å². The number of nitrogens with zero attached hydrogens (tertiary/aromatic N) is 2. The lowest BCUT2D eigenvalue weighted by Crippen LogP contribution is -2.32. The van der Waals surface area contributed by atoms with Crippen LogP contribution in [0.15, 0.2) is 59.7 Å². The number of fused-ring (bicyclic) bond motifs is 1. The molecule has 0 fully saturated rings. The maximum Gasteiger partial charge on any atom is 0.263 e. The number of nitrogens with one attached hydrogen (secondary N) is 1. The molecular formula is C20H17N3O3. The highest BCUT2D eigenvalue weighted by Gasteiger charge is 2.09. The summed E-state index contributed by atoms with van der Waals surface area (Å²) in [6.07, 6.45) is 3.31. The van der Waals surface area contributed by atoms with Crippen LogP contribution in [-0.4, -0.2) is 28.6 Å². The minimum absolute atomic E-state index is 0.0925. The highest BCUT2D eigenvalue weighted by molar-refractivity contribution is 5.93. The Bertz CT molecular complexity index is 1060. The molecule has 1 aromatic carbocycles. The second kappa shape index (κ2) is 7.99. The summed E-state index contributed by atoms with van der Waals surface area (Å²) in [5.74, 6) is 5.85. The fourth-order valence-corrected chi connectivity index (χ4v) is 2.41. The van der Waals surface area contributed by atoms with Gasteiger partial charge in [0, 0.05) is 24.8 Å². The van der Waals surface area contributed by atoms with Crippen molar-refractivity contribution in [2.75, 3.05) is 13.2 Å². The highest BCUT2D eigenvalue weighted by Crippen LogP contribution is 2.22. The van der Waals surface area contributed by atoms with Gasteiger partial charge in [-0.15, -0.1) is 0 Å². The normalized spacial score (nSPS) is 10.0. The summed E-state index contributed by atoms with van der Waals surface area (Å²) in [6.45, 7) is 0.312. The molecule has 3 rings (SSSR count). The van der Waals surface area contributed by atoms with Crippen molar-refractivity contribution in [2.24, 2.45) is 7.05 Å². The summed E-state index contributed by atoms with van der Waals surface area (Å²) in [6, 6.07) is 12.7. The van der Waals surface area contributed by atoms with E-state index in [0.29, 0.717) is 5.75 Å². The third-order valence-electron chi connectivity index (χ3n) is 3.73. The fraction of sp³-hybridized carbons (Fsp3) is 0.150. The van der Waals surface area contributed by atoms with Crippen molar-refractivity contribution in [3.05, 3.63) is 70.8 Å². The molecular weight excluding hydrogens is 330 g/mol. The Balaban J connectivity index is 1.54. The average Bonchev–Trinajstić information content (AvgIpc) is 2.66.